The molecule has 0 N–H and O–H groups in total. The lowest BCUT2D eigenvalue weighted by Crippen LogP contribution is -2.23. The lowest BCUT2D eigenvalue weighted by molar-refractivity contribution is -0.149. The molecule has 1 fully saturated rings. The van der Waals surface area contributed by atoms with Crippen LogP contribution in [-0.2, 0) is 19.1 Å². The van der Waals surface area contributed by atoms with E-state index >= 15 is 0 Å². The largest absolute Gasteiger partial charge is 0.465 e. The molecule has 0 aromatic heterocycles. The van der Waals surface area contributed by atoms with Gasteiger partial charge in [-0.2, -0.15) is 0 Å². The Kier molecular flexibility index (Phi) is 4.34. The van der Waals surface area contributed by atoms with Crippen LogP contribution in [0.2, 0.25) is 0 Å². The SMILES string of the molecule is C=C(C(=O)OCC)C1CCCCOC1=O. The Labute approximate surface area is 89.2 Å². The summed E-state index contributed by atoms with van der Waals surface area (Å²) in [5, 5.41) is 0. The molecule has 4 nitrogen and oxygen atoms in total. The highest BCUT2D eigenvalue weighted by Crippen LogP contribution is 2.22. The van der Waals surface area contributed by atoms with Crippen LogP contribution in [-0.4, -0.2) is 25.2 Å². The second-order valence-corrected chi connectivity index (χ2v) is 3.46. The normalized spacial score (nSPS) is 21.4. The first-order chi connectivity index (χ1) is 7.16. The maximum atomic E-state index is 11.5. The Morgan fingerprint density at radius 3 is 3.00 bits per heavy atom. The Morgan fingerprint density at radius 1 is 1.60 bits per heavy atom. The van der Waals surface area contributed by atoms with Crippen LogP contribution in [0.1, 0.15) is 26.2 Å². The van der Waals surface area contributed by atoms with Crippen molar-refractivity contribution in [2.24, 2.45) is 5.92 Å². The summed E-state index contributed by atoms with van der Waals surface area (Å²) in [6, 6.07) is 0. The van der Waals surface area contributed by atoms with Crippen LogP contribution in [0, 0.1) is 5.92 Å². The van der Waals surface area contributed by atoms with Crippen molar-refractivity contribution in [3.63, 3.8) is 0 Å². The lowest BCUT2D eigenvalue weighted by Gasteiger charge is -2.13. The Morgan fingerprint density at radius 2 is 2.33 bits per heavy atom. The minimum Gasteiger partial charge on any atom is -0.465 e. The van der Waals surface area contributed by atoms with Crippen LogP contribution >= 0.6 is 0 Å². The molecule has 1 aliphatic heterocycles. The van der Waals surface area contributed by atoms with Crippen molar-refractivity contribution in [3.05, 3.63) is 12.2 Å². The van der Waals surface area contributed by atoms with E-state index in [-0.39, 0.29) is 11.5 Å². The molecule has 0 spiro atoms. The van der Waals surface area contributed by atoms with Crippen LogP contribution in [0.5, 0.6) is 0 Å². The minimum absolute atomic E-state index is 0.212. The van der Waals surface area contributed by atoms with Gasteiger partial charge in [-0.05, 0) is 26.2 Å². The molecule has 1 atom stereocenters. The summed E-state index contributed by atoms with van der Waals surface area (Å²) in [6.45, 7) is 6.06. The van der Waals surface area contributed by atoms with Gasteiger partial charge in [-0.25, -0.2) is 4.79 Å². The van der Waals surface area contributed by atoms with Crippen LogP contribution in [0.4, 0.5) is 0 Å². The van der Waals surface area contributed by atoms with Gasteiger partial charge in [-0.3, -0.25) is 4.79 Å². The number of esters is 2. The molecule has 15 heavy (non-hydrogen) atoms. The third kappa shape index (κ3) is 3.08. The summed E-state index contributed by atoms with van der Waals surface area (Å²) in [5.74, 6) is -1.38. The first-order valence-electron chi connectivity index (χ1n) is 5.19. The smallest absolute Gasteiger partial charge is 0.334 e. The highest BCUT2D eigenvalue weighted by Gasteiger charge is 2.29. The molecule has 84 valence electrons. The Balaban J connectivity index is 2.63. The quantitative estimate of drug-likeness (QED) is 0.525. The molecule has 0 aromatic carbocycles. The molecule has 0 aromatic rings. The van der Waals surface area contributed by atoms with Gasteiger partial charge in [0, 0.05) is 5.57 Å². The highest BCUT2D eigenvalue weighted by atomic mass is 16.5. The van der Waals surface area contributed by atoms with Crippen molar-refractivity contribution in [1.29, 1.82) is 0 Å². The molecule has 4 heteroatoms. The van der Waals surface area contributed by atoms with Crippen molar-refractivity contribution >= 4 is 11.9 Å². The summed E-state index contributed by atoms with van der Waals surface area (Å²) in [7, 11) is 0. The summed E-state index contributed by atoms with van der Waals surface area (Å²) in [5.41, 5.74) is 0.212. The third-order valence-corrected chi connectivity index (χ3v) is 2.37. The molecule has 1 saturated heterocycles. The second-order valence-electron chi connectivity index (χ2n) is 3.46. The Bertz CT molecular complexity index is 270. The van der Waals surface area contributed by atoms with Crippen LogP contribution < -0.4 is 0 Å². The van der Waals surface area contributed by atoms with Gasteiger partial charge >= 0.3 is 11.9 Å². The number of carbonyl (C=O) groups excluding carboxylic acids is 2. The summed E-state index contributed by atoms with van der Waals surface area (Å²) < 4.78 is 9.76. The summed E-state index contributed by atoms with van der Waals surface area (Å²) in [6.07, 6.45) is 2.34. The zero-order valence-corrected chi connectivity index (χ0v) is 8.95. The average Bonchev–Trinajstić information content (AvgIpc) is 2.42. The molecular weight excluding hydrogens is 196 g/mol. The monoisotopic (exact) mass is 212 g/mol. The predicted molar refractivity (Wildman–Crippen MR) is 54.1 cm³/mol. The van der Waals surface area contributed by atoms with E-state index in [1.54, 1.807) is 6.92 Å². The number of rotatable bonds is 3. The molecule has 0 bridgehead atoms. The molecular formula is C11H16O4. The summed E-state index contributed by atoms with van der Waals surface area (Å²) >= 11 is 0. The second kappa shape index (κ2) is 5.53. The minimum atomic E-state index is -0.522. The predicted octanol–water partition coefficient (Wildman–Crippen LogP) is 1.45. The van der Waals surface area contributed by atoms with Crippen molar-refractivity contribution in [2.45, 2.75) is 26.2 Å². The van der Waals surface area contributed by atoms with Gasteiger partial charge < -0.3 is 9.47 Å². The van der Waals surface area contributed by atoms with Crippen molar-refractivity contribution < 1.29 is 19.1 Å². The standard InChI is InChI=1S/C11H16O4/c1-3-14-10(12)8(2)9-6-4-5-7-15-11(9)13/h9H,2-7H2,1H3. The molecule has 1 rings (SSSR count). The molecule has 0 aliphatic carbocycles. The van der Waals surface area contributed by atoms with Gasteiger partial charge in [0.25, 0.3) is 0 Å². The van der Waals surface area contributed by atoms with Gasteiger partial charge in [0.2, 0.25) is 0 Å². The number of carbonyl (C=O) groups is 2. The number of ether oxygens (including phenoxy) is 2. The van der Waals surface area contributed by atoms with Crippen molar-refractivity contribution in [3.8, 4) is 0 Å². The van der Waals surface area contributed by atoms with E-state index in [4.69, 9.17) is 9.47 Å². The first-order valence-corrected chi connectivity index (χ1v) is 5.19. The molecule has 1 unspecified atom stereocenters. The van der Waals surface area contributed by atoms with Gasteiger partial charge in [0.15, 0.2) is 0 Å². The zero-order chi connectivity index (χ0) is 11.3. The highest BCUT2D eigenvalue weighted by molar-refractivity contribution is 5.94. The maximum Gasteiger partial charge on any atom is 0.334 e. The van der Waals surface area contributed by atoms with Gasteiger partial charge in [0.1, 0.15) is 0 Å². The Hall–Kier alpha value is -1.32. The van der Waals surface area contributed by atoms with Crippen LogP contribution in [0.15, 0.2) is 12.2 Å². The van der Waals surface area contributed by atoms with Gasteiger partial charge in [-0.15, -0.1) is 0 Å². The number of hydrogen-bond donors (Lipinski definition) is 0. The van der Waals surface area contributed by atoms with E-state index < -0.39 is 11.9 Å². The van der Waals surface area contributed by atoms with E-state index in [9.17, 15) is 9.59 Å². The molecule has 1 aliphatic rings. The molecule has 0 amide bonds. The average molecular weight is 212 g/mol. The van der Waals surface area contributed by atoms with Gasteiger partial charge in [0.05, 0.1) is 19.1 Å². The number of cyclic esters (lactones) is 1. The van der Waals surface area contributed by atoms with Crippen LogP contribution in [0.25, 0.3) is 0 Å². The summed E-state index contributed by atoms with van der Waals surface area (Å²) in [4.78, 5) is 22.8. The van der Waals surface area contributed by atoms with E-state index in [2.05, 4.69) is 6.58 Å². The third-order valence-electron chi connectivity index (χ3n) is 2.37. The fourth-order valence-electron chi connectivity index (χ4n) is 1.52. The number of hydrogen-bond acceptors (Lipinski definition) is 4. The van der Waals surface area contributed by atoms with Crippen molar-refractivity contribution in [1.82, 2.24) is 0 Å². The fourth-order valence-corrected chi connectivity index (χ4v) is 1.52. The molecule has 0 saturated carbocycles. The molecule has 0 radical (unpaired) electrons. The topological polar surface area (TPSA) is 52.6 Å². The van der Waals surface area contributed by atoms with Crippen molar-refractivity contribution in [2.75, 3.05) is 13.2 Å². The van der Waals surface area contributed by atoms with E-state index in [1.807, 2.05) is 0 Å². The van der Waals surface area contributed by atoms with Crippen LogP contribution in [0.3, 0.4) is 0 Å². The zero-order valence-electron chi connectivity index (χ0n) is 8.95. The maximum absolute atomic E-state index is 11.5. The lowest BCUT2D eigenvalue weighted by atomic mass is 9.95. The van der Waals surface area contributed by atoms with E-state index in [0.717, 1.165) is 12.8 Å². The fraction of sp³-hybridized carbons (Fsp3) is 0.636. The van der Waals surface area contributed by atoms with E-state index in [1.165, 1.54) is 0 Å². The van der Waals surface area contributed by atoms with E-state index in [0.29, 0.717) is 19.6 Å². The van der Waals surface area contributed by atoms with Gasteiger partial charge in [-0.1, -0.05) is 6.58 Å². The molecule has 1 heterocycles. The first kappa shape index (κ1) is 11.8.